The van der Waals surface area contributed by atoms with Crippen LogP contribution in [0.3, 0.4) is 0 Å². The Labute approximate surface area is 77.2 Å². The first kappa shape index (κ1) is 11.7. The van der Waals surface area contributed by atoms with Crippen LogP contribution in [0.1, 0.15) is 40.5 Å². The zero-order valence-electron chi connectivity index (χ0n) is 9.04. The predicted octanol–water partition coefficient (Wildman–Crippen LogP) is 2.98. The Bertz CT molecular complexity index is 130. The first-order valence-electron chi connectivity index (χ1n) is 4.77. The highest BCUT2D eigenvalue weighted by atomic mass is 14.8. The second-order valence-corrected chi connectivity index (χ2v) is 4.77. The lowest BCUT2D eigenvalue weighted by Gasteiger charge is -2.17. The maximum atomic E-state index is 3.86. The highest BCUT2D eigenvalue weighted by molar-refractivity contribution is 4.88. The van der Waals surface area contributed by atoms with Crippen molar-refractivity contribution >= 4 is 0 Å². The van der Waals surface area contributed by atoms with E-state index in [1.54, 1.807) is 0 Å². The van der Waals surface area contributed by atoms with Crippen molar-refractivity contribution in [3.63, 3.8) is 0 Å². The summed E-state index contributed by atoms with van der Waals surface area (Å²) in [7, 11) is 0. The number of hydrogen-bond donors (Lipinski definition) is 1. The van der Waals surface area contributed by atoms with Crippen molar-refractivity contribution in [1.29, 1.82) is 0 Å². The highest BCUT2D eigenvalue weighted by Crippen LogP contribution is 2.16. The second kappa shape index (κ2) is 5.36. The summed E-state index contributed by atoms with van der Waals surface area (Å²) in [5.74, 6) is 0. The fourth-order valence-electron chi connectivity index (χ4n) is 0.890. The van der Waals surface area contributed by atoms with E-state index in [1.807, 2.05) is 0 Å². The molecule has 0 aromatic heterocycles. The van der Waals surface area contributed by atoms with Gasteiger partial charge in [-0.3, -0.25) is 0 Å². The molecule has 0 heterocycles. The molecule has 0 fully saturated rings. The van der Waals surface area contributed by atoms with Crippen LogP contribution in [-0.2, 0) is 0 Å². The molecule has 0 aromatic rings. The largest absolute Gasteiger partial charge is 0.316 e. The summed E-state index contributed by atoms with van der Waals surface area (Å²) >= 11 is 0. The third-order valence-corrected chi connectivity index (χ3v) is 1.78. The van der Waals surface area contributed by atoms with E-state index in [0.29, 0.717) is 5.41 Å². The summed E-state index contributed by atoms with van der Waals surface area (Å²) in [6.45, 7) is 14.9. The fraction of sp³-hybridized carbons (Fsp3) is 0.818. The molecule has 72 valence electrons. The van der Waals surface area contributed by atoms with E-state index in [-0.39, 0.29) is 0 Å². The molecule has 0 atom stereocenters. The molecule has 0 aromatic carbocycles. The topological polar surface area (TPSA) is 12.0 Å². The van der Waals surface area contributed by atoms with Crippen molar-refractivity contribution < 1.29 is 0 Å². The van der Waals surface area contributed by atoms with E-state index in [1.165, 1.54) is 12.0 Å². The Balaban J connectivity index is 3.17. The molecular formula is C11H23N. The predicted molar refractivity (Wildman–Crippen MR) is 56.4 cm³/mol. The van der Waals surface area contributed by atoms with Crippen LogP contribution in [0.4, 0.5) is 0 Å². The van der Waals surface area contributed by atoms with Crippen LogP contribution in [-0.4, -0.2) is 13.1 Å². The van der Waals surface area contributed by atoms with Gasteiger partial charge in [0.15, 0.2) is 0 Å². The molecule has 0 saturated heterocycles. The van der Waals surface area contributed by atoms with E-state index in [0.717, 1.165) is 19.5 Å². The maximum Gasteiger partial charge on any atom is -0.00118 e. The zero-order chi connectivity index (χ0) is 9.61. The van der Waals surface area contributed by atoms with Gasteiger partial charge in [-0.15, -0.1) is 6.58 Å². The third-order valence-electron chi connectivity index (χ3n) is 1.78. The molecule has 1 N–H and O–H groups in total. The first-order valence-corrected chi connectivity index (χ1v) is 4.77. The quantitative estimate of drug-likeness (QED) is 0.493. The zero-order valence-corrected chi connectivity index (χ0v) is 9.04. The average Bonchev–Trinajstić information content (AvgIpc) is 1.83. The minimum Gasteiger partial charge on any atom is -0.316 e. The average molecular weight is 169 g/mol. The van der Waals surface area contributed by atoms with Crippen LogP contribution < -0.4 is 5.32 Å². The monoisotopic (exact) mass is 169 g/mol. The van der Waals surface area contributed by atoms with Crippen LogP contribution >= 0.6 is 0 Å². The first-order chi connectivity index (χ1) is 5.42. The standard InChI is InChI=1S/C11H23N/c1-10(2)6-8-12-9-7-11(3,4)5/h12H,1,6-9H2,2-5H3. The molecule has 0 rings (SSSR count). The molecular weight excluding hydrogens is 146 g/mol. The lowest BCUT2D eigenvalue weighted by Crippen LogP contribution is -2.21. The van der Waals surface area contributed by atoms with Gasteiger partial charge in [0.2, 0.25) is 0 Å². The number of nitrogens with one attached hydrogen (secondary N) is 1. The molecule has 0 spiro atoms. The smallest absolute Gasteiger partial charge is 0.00118 e. The van der Waals surface area contributed by atoms with Gasteiger partial charge in [-0.1, -0.05) is 26.3 Å². The Morgan fingerprint density at radius 3 is 2.25 bits per heavy atom. The van der Waals surface area contributed by atoms with Crippen molar-refractivity contribution in [2.24, 2.45) is 5.41 Å². The van der Waals surface area contributed by atoms with Gasteiger partial charge in [-0.25, -0.2) is 0 Å². The minimum absolute atomic E-state index is 0.455. The highest BCUT2D eigenvalue weighted by Gasteiger charge is 2.08. The van der Waals surface area contributed by atoms with Crippen molar-refractivity contribution in [3.05, 3.63) is 12.2 Å². The van der Waals surface area contributed by atoms with Crippen LogP contribution in [0.2, 0.25) is 0 Å². The van der Waals surface area contributed by atoms with Gasteiger partial charge < -0.3 is 5.32 Å². The second-order valence-electron chi connectivity index (χ2n) is 4.77. The van der Waals surface area contributed by atoms with Gasteiger partial charge in [0.1, 0.15) is 0 Å². The third kappa shape index (κ3) is 9.70. The summed E-state index contributed by atoms with van der Waals surface area (Å²) in [5.41, 5.74) is 1.72. The van der Waals surface area contributed by atoms with Crippen LogP contribution in [0.5, 0.6) is 0 Å². The molecule has 0 saturated carbocycles. The van der Waals surface area contributed by atoms with E-state index in [4.69, 9.17) is 0 Å². The van der Waals surface area contributed by atoms with Crippen molar-refractivity contribution in [1.82, 2.24) is 5.32 Å². The van der Waals surface area contributed by atoms with Gasteiger partial charge in [0, 0.05) is 0 Å². The summed E-state index contributed by atoms with van der Waals surface area (Å²) in [6.07, 6.45) is 2.34. The number of hydrogen-bond acceptors (Lipinski definition) is 1. The minimum atomic E-state index is 0.455. The molecule has 0 bridgehead atoms. The van der Waals surface area contributed by atoms with Gasteiger partial charge >= 0.3 is 0 Å². The van der Waals surface area contributed by atoms with Crippen molar-refractivity contribution in [2.75, 3.05) is 13.1 Å². The van der Waals surface area contributed by atoms with E-state index in [2.05, 4.69) is 39.6 Å². The molecule has 0 aliphatic heterocycles. The molecule has 0 radical (unpaired) electrons. The van der Waals surface area contributed by atoms with Crippen LogP contribution in [0.15, 0.2) is 12.2 Å². The molecule has 0 unspecified atom stereocenters. The lowest BCUT2D eigenvalue weighted by atomic mass is 9.92. The number of rotatable bonds is 5. The van der Waals surface area contributed by atoms with Gasteiger partial charge in [0.05, 0.1) is 0 Å². The molecule has 12 heavy (non-hydrogen) atoms. The van der Waals surface area contributed by atoms with Gasteiger partial charge in [-0.05, 0) is 38.3 Å². The molecule has 1 nitrogen and oxygen atoms in total. The van der Waals surface area contributed by atoms with E-state index < -0.39 is 0 Å². The van der Waals surface area contributed by atoms with Gasteiger partial charge in [0.25, 0.3) is 0 Å². The van der Waals surface area contributed by atoms with Crippen LogP contribution in [0, 0.1) is 5.41 Å². The van der Waals surface area contributed by atoms with Crippen molar-refractivity contribution in [2.45, 2.75) is 40.5 Å². The summed E-state index contributed by atoms with van der Waals surface area (Å²) in [4.78, 5) is 0. The fourth-order valence-corrected chi connectivity index (χ4v) is 0.890. The Kier molecular flexibility index (Phi) is 5.23. The lowest BCUT2D eigenvalue weighted by molar-refractivity contribution is 0.367. The molecule has 1 heteroatoms. The van der Waals surface area contributed by atoms with E-state index >= 15 is 0 Å². The van der Waals surface area contributed by atoms with E-state index in [9.17, 15) is 0 Å². The summed E-state index contributed by atoms with van der Waals surface area (Å²) in [6, 6.07) is 0. The summed E-state index contributed by atoms with van der Waals surface area (Å²) < 4.78 is 0. The van der Waals surface area contributed by atoms with Gasteiger partial charge in [-0.2, -0.15) is 0 Å². The summed E-state index contributed by atoms with van der Waals surface area (Å²) in [5, 5.41) is 3.41. The Morgan fingerprint density at radius 1 is 1.25 bits per heavy atom. The molecule has 0 aliphatic rings. The van der Waals surface area contributed by atoms with Crippen molar-refractivity contribution in [3.8, 4) is 0 Å². The normalized spacial score (nSPS) is 11.7. The van der Waals surface area contributed by atoms with Crippen LogP contribution in [0.25, 0.3) is 0 Å². The Hall–Kier alpha value is -0.300. The molecule has 0 amide bonds. The SMILES string of the molecule is C=C(C)CCNCCC(C)(C)C. The Morgan fingerprint density at radius 2 is 1.83 bits per heavy atom. The maximum absolute atomic E-state index is 3.86. The molecule has 0 aliphatic carbocycles.